The highest BCUT2D eigenvalue weighted by molar-refractivity contribution is 6.05. The van der Waals surface area contributed by atoms with E-state index in [1.54, 1.807) is 24.3 Å². The molecule has 1 aliphatic heterocycles. The molecule has 1 fully saturated rings. The molecule has 2 amide bonds. The first-order valence-electron chi connectivity index (χ1n) is 10.8. The van der Waals surface area contributed by atoms with Crippen molar-refractivity contribution >= 4 is 17.5 Å². The summed E-state index contributed by atoms with van der Waals surface area (Å²) in [6.45, 7) is 8.28. The quantitative estimate of drug-likeness (QED) is 0.733. The third kappa shape index (κ3) is 5.02. The molecule has 160 valence electrons. The number of anilines is 1. The predicted molar refractivity (Wildman–Crippen MR) is 120 cm³/mol. The molecule has 0 spiro atoms. The van der Waals surface area contributed by atoms with E-state index in [-0.39, 0.29) is 30.5 Å². The van der Waals surface area contributed by atoms with Crippen LogP contribution in [0.5, 0.6) is 5.75 Å². The van der Waals surface area contributed by atoms with Gasteiger partial charge in [-0.15, -0.1) is 0 Å². The zero-order chi connectivity index (χ0) is 21.7. The number of nitrogens with one attached hydrogen (secondary N) is 1. The number of para-hydroxylation sites is 1. The SMILES string of the molecule is CCc1cccc(C)c1NC(=O)c1ccc(OCC(=O)N2[C@@H](C)CCC[C@@H]2C)cc1. The second-order valence-electron chi connectivity index (χ2n) is 8.16. The van der Waals surface area contributed by atoms with Crippen LogP contribution < -0.4 is 10.1 Å². The highest BCUT2D eigenvalue weighted by atomic mass is 16.5. The summed E-state index contributed by atoms with van der Waals surface area (Å²) in [5.74, 6) is 0.447. The molecule has 1 aliphatic rings. The minimum atomic E-state index is -0.155. The van der Waals surface area contributed by atoms with E-state index in [1.165, 1.54) is 6.42 Å². The molecule has 2 atom stereocenters. The third-order valence-corrected chi connectivity index (χ3v) is 5.94. The van der Waals surface area contributed by atoms with Crippen molar-refractivity contribution in [2.24, 2.45) is 0 Å². The van der Waals surface area contributed by atoms with Crippen LogP contribution in [0.1, 0.15) is 61.5 Å². The Balaban J connectivity index is 1.60. The lowest BCUT2D eigenvalue weighted by atomic mass is 9.97. The topological polar surface area (TPSA) is 58.6 Å². The zero-order valence-electron chi connectivity index (χ0n) is 18.4. The Kier molecular flexibility index (Phi) is 7.14. The molecule has 0 aromatic heterocycles. The van der Waals surface area contributed by atoms with Crippen LogP contribution >= 0.6 is 0 Å². The lowest BCUT2D eigenvalue weighted by Crippen LogP contribution is -2.49. The van der Waals surface area contributed by atoms with Crippen molar-refractivity contribution in [3.8, 4) is 5.75 Å². The van der Waals surface area contributed by atoms with Crippen molar-refractivity contribution in [2.45, 2.75) is 65.5 Å². The fraction of sp³-hybridized carbons (Fsp3) is 0.440. The normalized spacial score (nSPS) is 18.7. The number of likely N-dealkylation sites (tertiary alicyclic amines) is 1. The summed E-state index contributed by atoms with van der Waals surface area (Å²) in [5, 5.41) is 3.03. The first kappa shape index (κ1) is 21.9. The lowest BCUT2D eigenvalue weighted by molar-refractivity contribution is -0.139. The molecule has 1 saturated heterocycles. The van der Waals surface area contributed by atoms with E-state index < -0.39 is 0 Å². The molecule has 1 N–H and O–H groups in total. The Bertz CT molecular complexity index is 882. The lowest BCUT2D eigenvalue weighted by Gasteiger charge is -2.38. The standard InChI is InChI=1S/C25H32N2O3/c1-5-20-11-6-8-17(2)24(20)26-25(29)21-12-14-22(15-13-21)30-16-23(28)27-18(3)9-7-10-19(27)4/h6,8,11-15,18-19H,5,7,9-10,16H2,1-4H3,(H,26,29)/t18-,19-/m0/s1. The van der Waals surface area contributed by atoms with Gasteiger partial charge in [0, 0.05) is 23.3 Å². The number of amides is 2. The Morgan fingerprint density at radius 3 is 2.37 bits per heavy atom. The van der Waals surface area contributed by atoms with Gasteiger partial charge in [0.15, 0.2) is 6.61 Å². The summed E-state index contributed by atoms with van der Waals surface area (Å²) >= 11 is 0. The summed E-state index contributed by atoms with van der Waals surface area (Å²) in [5.41, 5.74) is 3.59. The van der Waals surface area contributed by atoms with Crippen molar-refractivity contribution in [1.29, 1.82) is 0 Å². The van der Waals surface area contributed by atoms with Gasteiger partial charge >= 0.3 is 0 Å². The Morgan fingerprint density at radius 2 is 1.73 bits per heavy atom. The van der Waals surface area contributed by atoms with E-state index in [2.05, 4.69) is 26.1 Å². The number of ether oxygens (including phenoxy) is 1. The van der Waals surface area contributed by atoms with E-state index in [9.17, 15) is 9.59 Å². The van der Waals surface area contributed by atoms with E-state index in [1.807, 2.05) is 30.0 Å². The predicted octanol–water partition coefficient (Wildman–Crippen LogP) is 4.98. The molecule has 0 unspecified atom stereocenters. The minimum Gasteiger partial charge on any atom is -0.484 e. The summed E-state index contributed by atoms with van der Waals surface area (Å²) in [7, 11) is 0. The van der Waals surface area contributed by atoms with Crippen molar-refractivity contribution in [1.82, 2.24) is 4.90 Å². The number of piperidine rings is 1. The van der Waals surface area contributed by atoms with E-state index in [0.717, 1.165) is 36.1 Å². The molecule has 0 aliphatic carbocycles. The van der Waals surface area contributed by atoms with Crippen LogP contribution in [0.4, 0.5) is 5.69 Å². The Morgan fingerprint density at radius 1 is 1.07 bits per heavy atom. The van der Waals surface area contributed by atoms with Crippen LogP contribution in [0.2, 0.25) is 0 Å². The van der Waals surface area contributed by atoms with Gasteiger partial charge in [0.1, 0.15) is 5.75 Å². The van der Waals surface area contributed by atoms with Gasteiger partial charge in [0.25, 0.3) is 11.8 Å². The van der Waals surface area contributed by atoms with Gasteiger partial charge < -0.3 is 15.0 Å². The fourth-order valence-electron chi connectivity index (χ4n) is 4.22. The molecule has 2 aromatic carbocycles. The molecule has 2 aromatic rings. The number of aryl methyl sites for hydroxylation is 2. The zero-order valence-corrected chi connectivity index (χ0v) is 18.4. The molecular formula is C25H32N2O3. The van der Waals surface area contributed by atoms with Crippen LogP contribution in [-0.4, -0.2) is 35.4 Å². The maximum absolute atomic E-state index is 12.7. The van der Waals surface area contributed by atoms with Crippen LogP contribution in [0.3, 0.4) is 0 Å². The van der Waals surface area contributed by atoms with Crippen molar-refractivity contribution in [3.05, 3.63) is 59.2 Å². The molecule has 30 heavy (non-hydrogen) atoms. The monoisotopic (exact) mass is 408 g/mol. The highest BCUT2D eigenvalue weighted by Crippen LogP contribution is 2.24. The maximum Gasteiger partial charge on any atom is 0.260 e. The average molecular weight is 409 g/mol. The van der Waals surface area contributed by atoms with E-state index in [4.69, 9.17) is 4.74 Å². The van der Waals surface area contributed by atoms with Gasteiger partial charge in [-0.1, -0.05) is 25.1 Å². The number of hydrogen-bond donors (Lipinski definition) is 1. The molecule has 1 heterocycles. The van der Waals surface area contributed by atoms with Gasteiger partial charge in [-0.3, -0.25) is 9.59 Å². The third-order valence-electron chi connectivity index (χ3n) is 5.94. The average Bonchev–Trinajstić information content (AvgIpc) is 2.74. The summed E-state index contributed by atoms with van der Waals surface area (Å²) < 4.78 is 5.70. The second-order valence-corrected chi connectivity index (χ2v) is 8.16. The largest absolute Gasteiger partial charge is 0.484 e. The first-order chi connectivity index (χ1) is 14.4. The van der Waals surface area contributed by atoms with Crippen LogP contribution in [0.25, 0.3) is 0 Å². The van der Waals surface area contributed by atoms with Crippen molar-refractivity contribution < 1.29 is 14.3 Å². The van der Waals surface area contributed by atoms with Crippen LogP contribution in [0, 0.1) is 6.92 Å². The smallest absolute Gasteiger partial charge is 0.260 e. The molecule has 5 heteroatoms. The van der Waals surface area contributed by atoms with Crippen molar-refractivity contribution in [3.63, 3.8) is 0 Å². The summed E-state index contributed by atoms with van der Waals surface area (Å²) in [6.07, 6.45) is 4.10. The fourth-order valence-corrected chi connectivity index (χ4v) is 4.22. The van der Waals surface area contributed by atoms with E-state index in [0.29, 0.717) is 11.3 Å². The molecule has 5 nitrogen and oxygen atoms in total. The highest BCUT2D eigenvalue weighted by Gasteiger charge is 2.29. The molecule has 0 radical (unpaired) electrons. The summed E-state index contributed by atoms with van der Waals surface area (Å²) in [4.78, 5) is 27.2. The minimum absolute atomic E-state index is 0.0168. The Labute approximate surface area is 179 Å². The number of nitrogens with zero attached hydrogens (tertiary/aromatic N) is 1. The van der Waals surface area contributed by atoms with E-state index >= 15 is 0 Å². The van der Waals surface area contributed by atoms with Gasteiger partial charge in [-0.25, -0.2) is 0 Å². The van der Waals surface area contributed by atoms with Gasteiger partial charge in [-0.05, 0) is 81.8 Å². The second kappa shape index (κ2) is 9.79. The number of benzene rings is 2. The molecule has 0 saturated carbocycles. The maximum atomic E-state index is 12.7. The molecule has 0 bridgehead atoms. The Hall–Kier alpha value is -2.82. The van der Waals surface area contributed by atoms with Gasteiger partial charge in [-0.2, -0.15) is 0 Å². The van der Waals surface area contributed by atoms with Crippen molar-refractivity contribution in [2.75, 3.05) is 11.9 Å². The molecular weight excluding hydrogens is 376 g/mol. The van der Waals surface area contributed by atoms with Crippen LogP contribution in [-0.2, 0) is 11.2 Å². The number of rotatable bonds is 6. The number of carbonyl (C=O) groups excluding carboxylic acids is 2. The first-order valence-corrected chi connectivity index (χ1v) is 10.8. The number of hydrogen-bond acceptors (Lipinski definition) is 3. The van der Waals surface area contributed by atoms with Gasteiger partial charge in [0.05, 0.1) is 0 Å². The summed E-state index contributed by atoms with van der Waals surface area (Å²) in [6, 6.07) is 13.5. The number of carbonyl (C=O) groups is 2. The van der Waals surface area contributed by atoms with Crippen LogP contribution in [0.15, 0.2) is 42.5 Å². The van der Waals surface area contributed by atoms with Gasteiger partial charge in [0.2, 0.25) is 0 Å². The molecule has 3 rings (SSSR count).